The number of rotatable bonds is 2. The van der Waals surface area contributed by atoms with Gasteiger partial charge in [0.05, 0.1) is 19.2 Å². The second kappa shape index (κ2) is 5.99. The second-order valence-electron chi connectivity index (χ2n) is 5.63. The first kappa shape index (κ1) is 17.2. The van der Waals surface area contributed by atoms with Crippen LogP contribution in [0.2, 0.25) is 0 Å². The van der Waals surface area contributed by atoms with Crippen molar-refractivity contribution >= 4 is 45.3 Å². The molecule has 1 aromatic rings. The summed E-state index contributed by atoms with van der Waals surface area (Å²) in [7, 11) is 1.18. The van der Waals surface area contributed by atoms with Gasteiger partial charge in [0.2, 0.25) is 11.8 Å². The van der Waals surface area contributed by atoms with Crippen molar-refractivity contribution in [2.45, 2.75) is 18.9 Å². The first-order valence-corrected chi connectivity index (χ1v) is 8.11. The minimum absolute atomic E-state index is 0.0588. The maximum absolute atomic E-state index is 13.1. The summed E-state index contributed by atoms with van der Waals surface area (Å²) in [6, 6.07) is 6.63. The van der Waals surface area contributed by atoms with Crippen molar-refractivity contribution < 1.29 is 23.9 Å². The standard InChI is InChI=1S/C16H14BrN3O5/c1-9(21)20-16(7-12(18-20)14(23)25-2)8-13(22)19(15(16)24)11-5-3-10(17)4-6-11/h3-7,18H,8H2,1-2H3/t16-/m1/s1. The highest BCUT2D eigenvalue weighted by Gasteiger charge is 2.59. The van der Waals surface area contributed by atoms with Gasteiger partial charge in [-0.2, -0.15) is 0 Å². The smallest absolute Gasteiger partial charge is 0.355 e. The van der Waals surface area contributed by atoms with E-state index in [0.717, 1.165) is 14.4 Å². The van der Waals surface area contributed by atoms with Crippen LogP contribution in [0.3, 0.4) is 0 Å². The molecule has 2 heterocycles. The number of hydrazine groups is 1. The predicted molar refractivity (Wildman–Crippen MR) is 89.7 cm³/mol. The monoisotopic (exact) mass is 407 g/mol. The second-order valence-corrected chi connectivity index (χ2v) is 6.54. The van der Waals surface area contributed by atoms with Crippen molar-refractivity contribution in [3.8, 4) is 0 Å². The molecule has 0 aliphatic carbocycles. The number of methoxy groups -OCH3 is 1. The molecule has 0 radical (unpaired) electrons. The van der Waals surface area contributed by atoms with Crippen LogP contribution in [-0.4, -0.2) is 41.3 Å². The van der Waals surface area contributed by atoms with E-state index in [1.54, 1.807) is 24.3 Å². The first-order valence-electron chi connectivity index (χ1n) is 7.32. The molecule has 1 atom stereocenters. The quantitative estimate of drug-likeness (QED) is 0.577. The molecule has 1 N–H and O–H groups in total. The van der Waals surface area contributed by atoms with E-state index in [4.69, 9.17) is 0 Å². The van der Waals surface area contributed by atoms with Gasteiger partial charge >= 0.3 is 5.97 Å². The van der Waals surface area contributed by atoms with Crippen LogP contribution < -0.4 is 10.3 Å². The molecular formula is C16H14BrN3O5. The van der Waals surface area contributed by atoms with Gasteiger partial charge < -0.3 is 4.74 Å². The van der Waals surface area contributed by atoms with Gasteiger partial charge in [0.1, 0.15) is 5.70 Å². The average molecular weight is 408 g/mol. The number of benzene rings is 1. The number of hydrogen-bond acceptors (Lipinski definition) is 6. The lowest BCUT2D eigenvalue weighted by molar-refractivity contribution is -0.143. The number of imide groups is 1. The van der Waals surface area contributed by atoms with Crippen molar-refractivity contribution in [2.24, 2.45) is 0 Å². The largest absolute Gasteiger partial charge is 0.464 e. The number of ether oxygens (including phenoxy) is 1. The Hall–Kier alpha value is -2.68. The Balaban J connectivity index is 2.05. The van der Waals surface area contributed by atoms with Crippen molar-refractivity contribution in [1.82, 2.24) is 10.4 Å². The van der Waals surface area contributed by atoms with Crippen molar-refractivity contribution in [1.29, 1.82) is 0 Å². The average Bonchev–Trinajstić information content (AvgIpc) is 3.07. The zero-order valence-corrected chi connectivity index (χ0v) is 15.0. The molecule has 8 nitrogen and oxygen atoms in total. The van der Waals surface area contributed by atoms with Crippen LogP contribution in [0, 0.1) is 0 Å². The molecule has 3 rings (SSSR count). The van der Waals surface area contributed by atoms with Crippen LogP contribution in [0.4, 0.5) is 5.69 Å². The molecule has 0 unspecified atom stereocenters. The summed E-state index contributed by atoms with van der Waals surface area (Å²) in [5.74, 6) is -2.32. The fourth-order valence-corrected chi connectivity index (χ4v) is 3.23. The summed E-state index contributed by atoms with van der Waals surface area (Å²) in [5, 5.41) is 0.998. The number of amides is 3. The van der Waals surface area contributed by atoms with Crippen molar-refractivity contribution in [2.75, 3.05) is 12.0 Å². The van der Waals surface area contributed by atoms with E-state index < -0.39 is 29.2 Å². The molecular weight excluding hydrogens is 394 g/mol. The van der Waals surface area contributed by atoms with Crippen LogP contribution in [0.15, 0.2) is 40.5 Å². The van der Waals surface area contributed by atoms with E-state index in [1.165, 1.54) is 20.1 Å². The highest BCUT2D eigenvalue weighted by atomic mass is 79.9. The maximum Gasteiger partial charge on any atom is 0.355 e. The molecule has 1 fully saturated rings. The van der Waals surface area contributed by atoms with Gasteiger partial charge in [-0.05, 0) is 30.3 Å². The van der Waals surface area contributed by atoms with Crippen molar-refractivity contribution in [3.05, 3.63) is 40.5 Å². The number of nitrogens with one attached hydrogen (secondary N) is 1. The Morgan fingerprint density at radius 1 is 1.24 bits per heavy atom. The summed E-state index contributed by atoms with van der Waals surface area (Å²) in [6.45, 7) is 1.24. The molecule has 0 aromatic heterocycles. The van der Waals surface area contributed by atoms with Gasteiger partial charge in [-0.15, -0.1) is 0 Å². The molecule has 130 valence electrons. The summed E-state index contributed by atoms with van der Waals surface area (Å²) in [6.07, 6.45) is 1.01. The van der Waals surface area contributed by atoms with E-state index in [0.29, 0.717) is 5.69 Å². The van der Waals surface area contributed by atoms with Crippen LogP contribution >= 0.6 is 15.9 Å². The third kappa shape index (κ3) is 2.60. The Morgan fingerprint density at radius 3 is 2.44 bits per heavy atom. The SMILES string of the molecule is COC(=O)C1=C[C@]2(CC(=O)N(c3ccc(Br)cc3)C2=O)N(C(C)=O)N1. The number of halogens is 1. The summed E-state index contributed by atoms with van der Waals surface area (Å²) >= 11 is 3.29. The Morgan fingerprint density at radius 2 is 1.88 bits per heavy atom. The highest BCUT2D eigenvalue weighted by Crippen LogP contribution is 2.38. The van der Waals surface area contributed by atoms with Crippen LogP contribution in [-0.2, 0) is 23.9 Å². The molecule has 2 aliphatic heterocycles. The van der Waals surface area contributed by atoms with Gasteiger partial charge in [0.15, 0.2) is 5.54 Å². The molecule has 2 aliphatic rings. The van der Waals surface area contributed by atoms with E-state index in [-0.39, 0.29) is 12.1 Å². The molecule has 0 bridgehead atoms. The third-order valence-electron chi connectivity index (χ3n) is 4.06. The fourth-order valence-electron chi connectivity index (χ4n) is 2.96. The Bertz CT molecular complexity index is 820. The van der Waals surface area contributed by atoms with Gasteiger partial charge in [0.25, 0.3) is 5.91 Å². The summed E-state index contributed by atoms with van der Waals surface area (Å²) in [4.78, 5) is 50.4. The van der Waals surface area contributed by atoms with E-state index in [1.807, 2.05) is 0 Å². The normalized spacial score (nSPS) is 22.3. The number of hydrogen-bond donors (Lipinski definition) is 1. The lowest BCUT2D eigenvalue weighted by atomic mass is 9.96. The van der Waals surface area contributed by atoms with E-state index in [2.05, 4.69) is 26.1 Å². The molecule has 1 saturated heterocycles. The lowest BCUT2D eigenvalue weighted by Crippen LogP contribution is -2.56. The summed E-state index contributed by atoms with van der Waals surface area (Å²) < 4.78 is 5.43. The highest BCUT2D eigenvalue weighted by molar-refractivity contribution is 9.10. The molecule has 25 heavy (non-hydrogen) atoms. The molecule has 9 heteroatoms. The summed E-state index contributed by atoms with van der Waals surface area (Å²) in [5.41, 5.74) is 1.31. The number of carbonyl (C=O) groups is 4. The number of esters is 1. The van der Waals surface area contributed by atoms with Gasteiger partial charge in [-0.3, -0.25) is 19.8 Å². The number of nitrogens with zero attached hydrogens (tertiary/aromatic N) is 2. The fraction of sp³-hybridized carbons (Fsp3) is 0.250. The predicted octanol–water partition coefficient (Wildman–Crippen LogP) is 0.875. The van der Waals surface area contributed by atoms with Crippen LogP contribution in [0.5, 0.6) is 0 Å². The molecule has 3 amide bonds. The minimum atomic E-state index is -1.58. The third-order valence-corrected chi connectivity index (χ3v) is 4.59. The van der Waals surface area contributed by atoms with Gasteiger partial charge in [0, 0.05) is 11.4 Å². The molecule has 0 saturated carbocycles. The van der Waals surface area contributed by atoms with E-state index >= 15 is 0 Å². The first-order chi connectivity index (χ1) is 11.8. The zero-order valence-electron chi connectivity index (χ0n) is 13.4. The Kier molecular flexibility index (Phi) is 4.11. The van der Waals surface area contributed by atoms with Crippen LogP contribution in [0.1, 0.15) is 13.3 Å². The molecule has 1 spiro atoms. The van der Waals surface area contributed by atoms with Crippen molar-refractivity contribution in [3.63, 3.8) is 0 Å². The number of carbonyl (C=O) groups excluding carboxylic acids is 4. The minimum Gasteiger partial charge on any atom is -0.464 e. The molecule has 1 aromatic carbocycles. The van der Waals surface area contributed by atoms with Crippen LogP contribution in [0.25, 0.3) is 0 Å². The maximum atomic E-state index is 13.1. The Labute approximate surface area is 151 Å². The van der Waals surface area contributed by atoms with Gasteiger partial charge in [-0.1, -0.05) is 15.9 Å². The topological polar surface area (TPSA) is 96.0 Å². The zero-order chi connectivity index (χ0) is 18.4. The van der Waals surface area contributed by atoms with Gasteiger partial charge in [-0.25, -0.2) is 14.7 Å². The number of anilines is 1. The van der Waals surface area contributed by atoms with E-state index in [9.17, 15) is 19.2 Å². The lowest BCUT2D eigenvalue weighted by Gasteiger charge is -2.30.